The Morgan fingerprint density at radius 2 is 2.00 bits per heavy atom. The molecule has 2 amide bonds. The largest absolute Gasteiger partial charge is 0.483 e. The van der Waals surface area contributed by atoms with Gasteiger partial charge in [-0.15, -0.1) is 0 Å². The number of piperidine rings is 1. The number of ether oxygens (including phenoxy) is 1. The van der Waals surface area contributed by atoms with Crippen molar-refractivity contribution in [2.75, 3.05) is 19.7 Å². The molecule has 2 aromatic heterocycles. The summed E-state index contributed by atoms with van der Waals surface area (Å²) in [5, 5.41) is 7.91. The summed E-state index contributed by atoms with van der Waals surface area (Å²) in [5.41, 5.74) is 9.77. The second kappa shape index (κ2) is 10.0. The van der Waals surface area contributed by atoms with Crippen molar-refractivity contribution in [3.05, 3.63) is 58.5 Å². The number of amides is 2. The first kappa shape index (κ1) is 21.5. The molecule has 9 heteroatoms. The number of carbonyl (C=O) groups excluding carboxylic acids is 2. The molecule has 1 aromatic carbocycles. The van der Waals surface area contributed by atoms with E-state index in [0.717, 1.165) is 54.8 Å². The zero-order chi connectivity index (χ0) is 28.9. The van der Waals surface area contributed by atoms with Crippen LogP contribution in [-0.2, 0) is 4.79 Å². The molecule has 0 spiro atoms. The van der Waals surface area contributed by atoms with E-state index in [2.05, 4.69) is 18.3 Å². The predicted octanol–water partition coefficient (Wildman–Crippen LogP) is 3.61. The van der Waals surface area contributed by atoms with Gasteiger partial charge in [-0.3, -0.25) is 9.59 Å². The van der Waals surface area contributed by atoms with Crippen molar-refractivity contribution in [3.63, 3.8) is 0 Å². The van der Waals surface area contributed by atoms with Crippen molar-refractivity contribution in [1.29, 1.82) is 0 Å². The molecule has 2 fully saturated rings. The number of carbonyl (C=O) groups is 2. The molecule has 2 atom stereocenters. The maximum Gasteiger partial charge on any atom is 0.258 e. The van der Waals surface area contributed by atoms with Crippen molar-refractivity contribution in [1.82, 2.24) is 24.8 Å². The number of aromatic nitrogens is 3. The molecule has 3 N–H and O–H groups in total. The molecule has 2 unspecified atom stereocenters. The van der Waals surface area contributed by atoms with Gasteiger partial charge in [0.1, 0.15) is 5.75 Å². The SMILES string of the molecule is [2H]C([2H])([2H])c1ccc2c(c1)C(=O)N1CCCCC1c1cc3nc(C4CC(N)C4)cc(n3n1)C(C)CCNC(=O)CO2. The second-order valence-electron chi connectivity index (χ2n) is 10.9. The summed E-state index contributed by atoms with van der Waals surface area (Å²) in [4.78, 5) is 33.5. The molecule has 200 valence electrons. The first-order valence-corrected chi connectivity index (χ1v) is 13.6. The Kier molecular flexibility index (Phi) is 5.66. The lowest BCUT2D eigenvalue weighted by Gasteiger charge is -2.35. The van der Waals surface area contributed by atoms with Gasteiger partial charge in [0.25, 0.3) is 11.8 Å². The molecule has 9 nitrogen and oxygen atoms in total. The Bertz CT molecular complexity index is 1480. The summed E-state index contributed by atoms with van der Waals surface area (Å²) >= 11 is 0. The van der Waals surface area contributed by atoms with Crippen molar-refractivity contribution < 1.29 is 18.4 Å². The molecule has 38 heavy (non-hydrogen) atoms. The molecule has 2 bridgehead atoms. The fourth-order valence-corrected chi connectivity index (χ4v) is 5.89. The van der Waals surface area contributed by atoms with Crippen LogP contribution in [0.1, 0.15) is 100 Å². The third kappa shape index (κ3) is 4.64. The number of benzene rings is 1. The van der Waals surface area contributed by atoms with Crippen LogP contribution in [0.2, 0.25) is 0 Å². The Labute approximate surface area is 227 Å². The molecule has 1 saturated heterocycles. The molecule has 4 heterocycles. The van der Waals surface area contributed by atoms with Crippen molar-refractivity contribution in [2.45, 2.75) is 76.2 Å². The molecule has 2 aliphatic heterocycles. The maximum atomic E-state index is 14.1. The number of aryl methyl sites for hydroxylation is 1. The Hall–Kier alpha value is -3.46. The van der Waals surface area contributed by atoms with Crippen LogP contribution in [0.25, 0.3) is 5.65 Å². The quantitative estimate of drug-likeness (QED) is 0.508. The molecule has 3 aliphatic rings. The van der Waals surface area contributed by atoms with Gasteiger partial charge >= 0.3 is 0 Å². The number of hydrogen-bond acceptors (Lipinski definition) is 6. The van der Waals surface area contributed by atoms with Gasteiger partial charge in [-0.05, 0) is 63.6 Å². The number of fused-ring (bicyclic) bond motifs is 4. The lowest BCUT2D eigenvalue weighted by molar-refractivity contribution is -0.123. The van der Waals surface area contributed by atoms with Gasteiger partial charge in [0.15, 0.2) is 12.3 Å². The fourth-order valence-electron chi connectivity index (χ4n) is 5.89. The first-order chi connectivity index (χ1) is 19.6. The summed E-state index contributed by atoms with van der Waals surface area (Å²) in [6.07, 6.45) is 4.97. The monoisotopic (exact) mass is 519 g/mol. The van der Waals surface area contributed by atoms with Crippen molar-refractivity contribution >= 4 is 17.5 Å². The summed E-state index contributed by atoms with van der Waals surface area (Å²) in [6, 6.07) is 8.26. The van der Waals surface area contributed by atoms with E-state index in [-0.39, 0.29) is 53.3 Å². The van der Waals surface area contributed by atoms with Crippen LogP contribution in [0.15, 0.2) is 30.3 Å². The van der Waals surface area contributed by atoms with Gasteiger partial charge in [-0.25, -0.2) is 9.50 Å². The highest BCUT2D eigenvalue weighted by atomic mass is 16.5. The molecular weight excluding hydrogens is 480 g/mol. The van der Waals surface area contributed by atoms with Gasteiger partial charge in [-0.2, -0.15) is 5.10 Å². The Morgan fingerprint density at radius 3 is 2.82 bits per heavy atom. The lowest BCUT2D eigenvalue weighted by Crippen LogP contribution is -2.39. The van der Waals surface area contributed by atoms with Crippen molar-refractivity contribution in [2.24, 2.45) is 5.73 Å². The highest BCUT2D eigenvalue weighted by Gasteiger charge is 2.34. The van der Waals surface area contributed by atoms with Gasteiger partial charge in [0.2, 0.25) is 0 Å². The zero-order valence-electron chi connectivity index (χ0n) is 24.7. The molecule has 1 saturated carbocycles. The minimum Gasteiger partial charge on any atom is -0.483 e. The zero-order valence-corrected chi connectivity index (χ0v) is 21.7. The average molecular weight is 520 g/mol. The van der Waals surface area contributed by atoms with Gasteiger partial charge < -0.3 is 20.7 Å². The van der Waals surface area contributed by atoms with E-state index in [9.17, 15) is 9.59 Å². The number of rotatable bonds is 1. The predicted molar refractivity (Wildman–Crippen MR) is 143 cm³/mol. The maximum absolute atomic E-state index is 14.1. The van der Waals surface area contributed by atoms with Crippen LogP contribution < -0.4 is 15.8 Å². The smallest absolute Gasteiger partial charge is 0.258 e. The van der Waals surface area contributed by atoms with Crippen LogP contribution in [0.5, 0.6) is 5.75 Å². The minimum absolute atomic E-state index is 0.0411. The number of nitrogens with one attached hydrogen (secondary N) is 1. The third-order valence-corrected chi connectivity index (χ3v) is 8.16. The molecule has 0 radical (unpaired) electrons. The Morgan fingerprint density at radius 1 is 1.13 bits per heavy atom. The van der Waals surface area contributed by atoms with E-state index in [4.69, 9.17) is 24.7 Å². The summed E-state index contributed by atoms with van der Waals surface area (Å²) < 4.78 is 31.3. The van der Waals surface area contributed by atoms with Crippen molar-refractivity contribution in [3.8, 4) is 5.75 Å². The summed E-state index contributed by atoms with van der Waals surface area (Å²) in [7, 11) is 0. The van der Waals surface area contributed by atoms with Crippen LogP contribution in [0, 0.1) is 6.85 Å². The second-order valence-corrected chi connectivity index (χ2v) is 10.9. The van der Waals surface area contributed by atoms with E-state index in [0.29, 0.717) is 25.4 Å². The third-order valence-electron chi connectivity index (χ3n) is 8.16. The van der Waals surface area contributed by atoms with E-state index in [1.807, 2.05) is 10.6 Å². The van der Waals surface area contributed by atoms with Gasteiger partial charge in [0, 0.05) is 52.5 Å². The fraction of sp³-hybridized carbons (Fsp3) is 0.517. The topological polar surface area (TPSA) is 115 Å². The minimum atomic E-state index is -2.40. The molecular formula is C29H36N6O3. The van der Waals surface area contributed by atoms with Crippen LogP contribution in [0.4, 0.5) is 0 Å². The Balaban J connectivity index is 1.46. The standard InChI is InChI=1S/C29H36N6O3/c1-17-6-7-26-21(11-17)29(37)34-10-4-3-5-24(34)23-15-27-32-22(19-12-20(30)13-19)14-25(35(27)33-23)18(2)8-9-31-28(36)16-38-26/h6-7,11,14-15,18-20,24H,3-5,8-10,12-13,16,30H2,1-2H3,(H,31,36)/i1D3. The van der Waals surface area contributed by atoms with Crippen LogP contribution >= 0.6 is 0 Å². The van der Waals surface area contributed by atoms with E-state index in [1.54, 1.807) is 4.90 Å². The van der Waals surface area contributed by atoms with Gasteiger partial charge in [0.05, 0.1) is 17.3 Å². The molecule has 3 aromatic rings. The molecule has 6 rings (SSSR count). The van der Waals surface area contributed by atoms with Crippen LogP contribution in [-0.4, -0.2) is 57.1 Å². The highest BCUT2D eigenvalue weighted by molar-refractivity contribution is 5.97. The molecule has 1 aliphatic carbocycles. The van der Waals surface area contributed by atoms with E-state index < -0.39 is 6.85 Å². The van der Waals surface area contributed by atoms with E-state index in [1.165, 1.54) is 18.2 Å². The van der Waals surface area contributed by atoms with Gasteiger partial charge in [-0.1, -0.05) is 18.6 Å². The number of nitrogens with zero attached hydrogens (tertiary/aromatic N) is 4. The van der Waals surface area contributed by atoms with E-state index >= 15 is 0 Å². The number of hydrogen-bond donors (Lipinski definition) is 2. The van der Waals surface area contributed by atoms with Crippen LogP contribution in [0.3, 0.4) is 0 Å². The normalized spacial score (nSPS) is 27.8. The number of nitrogens with two attached hydrogens (primary N) is 1. The summed E-state index contributed by atoms with van der Waals surface area (Å²) in [5.74, 6) is -0.0833. The lowest BCUT2D eigenvalue weighted by atomic mass is 9.78. The first-order valence-electron chi connectivity index (χ1n) is 15.1. The highest BCUT2D eigenvalue weighted by Crippen LogP contribution is 2.38. The average Bonchev–Trinajstić information content (AvgIpc) is 3.36. The summed E-state index contributed by atoms with van der Waals surface area (Å²) in [6.45, 7) is 0.374.